The number of hydrogen-bond donors (Lipinski definition) is 1. The molecular formula is C17H19NO3. The highest BCUT2D eigenvalue weighted by Gasteiger charge is 2.06. The predicted molar refractivity (Wildman–Crippen MR) is 80.9 cm³/mol. The van der Waals surface area contributed by atoms with Crippen LogP contribution in [0.3, 0.4) is 0 Å². The van der Waals surface area contributed by atoms with Crippen LogP contribution in [-0.2, 0) is 16.0 Å². The molecule has 0 saturated carbocycles. The highest BCUT2D eigenvalue weighted by atomic mass is 16.5. The molecule has 4 heteroatoms. The standard InChI is InChI=1S/C17H19NO3/c1-12(21-13(2)19)3-4-14-5-7-15(8-6-14)17-10-9-16(20)11-18-17/h5-12,20H,3-4H2,1-2H3. The molecule has 4 nitrogen and oxygen atoms in total. The van der Waals surface area contributed by atoms with Crippen molar-refractivity contribution >= 4 is 5.97 Å². The molecule has 1 unspecified atom stereocenters. The van der Waals surface area contributed by atoms with Crippen molar-refractivity contribution < 1.29 is 14.6 Å². The van der Waals surface area contributed by atoms with Gasteiger partial charge in [-0.1, -0.05) is 24.3 Å². The third-order valence-electron chi connectivity index (χ3n) is 3.20. The number of nitrogens with zero attached hydrogens (tertiary/aromatic N) is 1. The van der Waals surface area contributed by atoms with Crippen molar-refractivity contribution in [3.63, 3.8) is 0 Å². The highest BCUT2D eigenvalue weighted by molar-refractivity contribution is 5.66. The van der Waals surface area contributed by atoms with E-state index >= 15 is 0 Å². The lowest BCUT2D eigenvalue weighted by atomic mass is 10.0. The molecule has 1 atom stereocenters. The van der Waals surface area contributed by atoms with Gasteiger partial charge in [0, 0.05) is 12.5 Å². The molecule has 0 saturated heterocycles. The van der Waals surface area contributed by atoms with Gasteiger partial charge < -0.3 is 9.84 Å². The van der Waals surface area contributed by atoms with E-state index < -0.39 is 0 Å². The average Bonchev–Trinajstić information content (AvgIpc) is 2.46. The fourth-order valence-electron chi connectivity index (χ4n) is 2.11. The van der Waals surface area contributed by atoms with Crippen molar-refractivity contribution in [3.05, 3.63) is 48.2 Å². The minimum Gasteiger partial charge on any atom is -0.506 e. The molecule has 0 spiro atoms. The van der Waals surface area contributed by atoms with Crippen molar-refractivity contribution in [1.82, 2.24) is 4.98 Å². The van der Waals surface area contributed by atoms with Crippen molar-refractivity contribution in [2.75, 3.05) is 0 Å². The van der Waals surface area contributed by atoms with Gasteiger partial charge in [0.05, 0.1) is 18.0 Å². The molecule has 1 N–H and O–H groups in total. The first-order valence-corrected chi connectivity index (χ1v) is 6.96. The van der Waals surface area contributed by atoms with Gasteiger partial charge in [-0.15, -0.1) is 0 Å². The van der Waals surface area contributed by atoms with Gasteiger partial charge in [-0.25, -0.2) is 0 Å². The van der Waals surface area contributed by atoms with E-state index in [2.05, 4.69) is 4.98 Å². The summed E-state index contributed by atoms with van der Waals surface area (Å²) in [4.78, 5) is 15.0. The van der Waals surface area contributed by atoms with Gasteiger partial charge in [-0.3, -0.25) is 9.78 Å². The zero-order chi connectivity index (χ0) is 15.2. The molecule has 0 aliphatic rings. The Morgan fingerprint density at radius 1 is 1.24 bits per heavy atom. The Bertz CT molecular complexity index is 590. The fraction of sp³-hybridized carbons (Fsp3) is 0.294. The first kappa shape index (κ1) is 15.0. The summed E-state index contributed by atoms with van der Waals surface area (Å²) in [5, 5.41) is 9.23. The van der Waals surface area contributed by atoms with E-state index in [0.717, 1.165) is 24.1 Å². The van der Waals surface area contributed by atoms with Crippen molar-refractivity contribution in [2.45, 2.75) is 32.8 Å². The lowest BCUT2D eigenvalue weighted by Gasteiger charge is -2.11. The molecule has 0 aliphatic carbocycles. The zero-order valence-corrected chi connectivity index (χ0v) is 12.2. The van der Waals surface area contributed by atoms with Crippen molar-refractivity contribution in [1.29, 1.82) is 0 Å². The second kappa shape index (κ2) is 6.88. The third-order valence-corrected chi connectivity index (χ3v) is 3.20. The molecule has 0 amide bonds. The minimum absolute atomic E-state index is 0.0686. The van der Waals surface area contributed by atoms with Crippen LogP contribution in [0.4, 0.5) is 0 Å². The van der Waals surface area contributed by atoms with Crippen LogP contribution >= 0.6 is 0 Å². The predicted octanol–water partition coefficient (Wildman–Crippen LogP) is 3.34. The minimum atomic E-state index is -0.240. The van der Waals surface area contributed by atoms with E-state index in [1.54, 1.807) is 12.1 Å². The number of rotatable bonds is 5. The summed E-state index contributed by atoms with van der Waals surface area (Å²) in [7, 11) is 0. The Morgan fingerprint density at radius 3 is 2.52 bits per heavy atom. The summed E-state index contributed by atoms with van der Waals surface area (Å²) in [6.45, 7) is 3.33. The summed E-state index contributed by atoms with van der Waals surface area (Å²) in [6.07, 6.45) is 3.03. The number of esters is 1. The number of aromatic hydroxyl groups is 1. The Balaban J connectivity index is 1.96. The van der Waals surface area contributed by atoms with Crippen LogP contribution in [0.2, 0.25) is 0 Å². The molecule has 1 aromatic heterocycles. The lowest BCUT2D eigenvalue weighted by molar-refractivity contribution is -0.145. The number of aryl methyl sites for hydroxylation is 1. The maximum Gasteiger partial charge on any atom is 0.302 e. The largest absolute Gasteiger partial charge is 0.506 e. The Hall–Kier alpha value is -2.36. The summed E-state index contributed by atoms with van der Waals surface area (Å²) in [6, 6.07) is 11.5. The summed E-state index contributed by atoms with van der Waals surface area (Å²) >= 11 is 0. The van der Waals surface area contributed by atoms with E-state index in [4.69, 9.17) is 4.74 Å². The van der Waals surface area contributed by atoms with E-state index in [0.29, 0.717) is 0 Å². The quantitative estimate of drug-likeness (QED) is 0.856. The zero-order valence-electron chi connectivity index (χ0n) is 12.2. The number of ether oxygens (including phenoxy) is 1. The Kier molecular flexibility index (Phi) is 4.93. The number of hydrogen-bond acceptors (Lipinski definition) is 4. The number of aromatic nitrogens is 1. The van der Waals surface area contributed by atoms with E-state index in [1.807, 2.05) is 31.2 Å². The van der Waals surface area contributed by atoms with Crippen LogP contribution in [0.5, 0.6) is 5.75 Å². The van der Waals surface area contributed by atoms with Crippen LogP contribution in [-0.4, -0.2) is 22.2 Å². The van der Waals surface area contributed by atoms with Crippen molar-refractivity contribution in [3.8, 4) is 17.0 Å². The molecule has 2 rings (SSSR count). The summed E-state index contributed by atoms with van der Waals surface area (Å²) in [5.74, 6) is -0.0777. The molecule has 1 heterocycles. The van der Waals surface area contributed by atoms with Gasteiger partial charge in [0.1, 0.15) is 5.75 Å². The SMILES string of the molecule is CC(=O)OC(C)CCc1ccc(-c2ccc(O)cn2)cc1. The van der Waals surface area contributed by atoms with Crippen LogP contribution in [0, 0.1) is 0 Å². The molecule has 0 radical (unpaired) electrons. The fourth-order valence-corrected chi connectivity index (χ4v) is 2.11. The van der Waals surface area contributed by atoms with Gasteiger partial charge >= 0.3 is 5.97 Å². The molecular weight excluding hydrogens is 266 g/mol. The van der Waals surface area contributed by atoms with E-state index in [9.17, 15) is 9.90 Å². The number of carbonyl (C=O) groups excluding carboxylic acids is 1. The van der Waals surface area contributed by atoms with Gasteiger partial charge in [-0.2, -0.15) is 0 Å². The highest BCUT2D eigenvalue weighted by Crippen LogP contribution is 2.20. The normalized spacial score (nSPS) is 11.9. The lowest BCUT2D eigenvalue weighted by Crippen LogP contribution is -2.12. The maximum absolute atomic E-state index is 10.8. The van der Waals surface area contributed by atoms with Crippen molar-refractivity contribution in [2.24, 2.45) is 0 Å². The molecule has 0 bridgehead atoms. The maximum atomic E-state index is 10.8. The first-order chi connectivity index (χ1) is 10.0. The molecule has 21 heavy (non-hydrogen) atoms. The molecule has 0 fully saturated rings. The molecule has 2 aromatic rings. The summed E-state index contributed by atoms with van der Waals surface area (Å²) in [5.41, 5.74) is 3.02. The van der Waals surface area contributed by atoms with Gasteiger partial charge in [0.2, 0.25) is 0 Å². The van der Waals surface area contributed by atoms with Crippen LogP contribution in [0.1, 0.15) is 25.8 Å². The Morgan fingerprint density at radius 2 is 1.95 bits per heavy atom. The van der Waals surface area contributed by atoms with Gasteiger partial charge in [0.25, 0.3) is 0 Å². The molecule has 0 aliphatic heterocycles. The number of pyridine rings is 1. The Labute approximate surface area is 124 Å². The molecule has 110 valence electrons. The van der Waals surface area contributed by atoms with Gasteiger partial charge in [-0.05, 0) is 37.5 Å². The second-order valence-electron chi connectivity index (χ2n) is 5.06. The van der Waals surface area contributed by atoms with Crippen LogP contribution in [0.25, 0.3) is 11.3 Å². The average molecular weight is 285 g/mol. The van der Waals surface area contributed by atoms with E-state index in [1.165, 1.54) is 18.7 Å². The monoisotopic (exact) mass is 285 g/mol. The summed E-state index contributed by atoms with van der Waals surface area (Å²) < 4.78 is 5.10. The van der Waals surface area contributed by atoms with Crippen LogP contribution in [0.15, 0.2) is 42.6 Å². The third kappa shape index (κ3) is 4.60. The van der Waals surface area contributed by atoms with Gasteiger partial charge in [0.15, 0.2) is 0 Å². The topological polar surface area (TPSA) is 59.4 Å². The number of benzene rings is 1. The van der Waals surface area contributed by atoms with E-state index in [-0.39, 0.29) is 17.8 Å². The smallest absolute Gasteiger partial charge is 0.302 e. The number of carbonyl (C=O) groups is 1. The first-order valence-electron chi connectivity index (χ1n) is 6.96. The second-order valence-corrected chi connectivity index (χ2v) is 5.06. The molecule has 1 aromatic carbocycles. The van der Waals surface area contributed by atoms with Crippen LogP contribution < -0.4 is 0 Å².